The molecule has 2 aliphatic heterocycles. The third-order valence-electron chi connectivity index (χ3n) is 5.15. The van der Waals surface area contributed by atoms with Gasteiger partial charge in [-0.15, -0.1) is 0 Å². The van der Waals surface area contributed by atoms with Crippen LogP contribution in [0.25, 0.3) is 22.0 Å². The number of benzene rings is 1. The van der Waals surface area contributed by atoms with Crippen molar-refractivity contribution >= 4 is 22.2 Å². The van der Waals surface area contributed by atoms with Crippen LogP contribution in [0, 0.1) is 0 Å². The molecule has 0 amide bonds. The van der Waals surface area contributed by atoms with Crippen molar-refractivity contribution in [1.29, 1.82) is 0 Å². The number of nitrogens with zero attached hydrogens (tertiary/aromatic N) is 2. The Morgan fingerprint density at radius 2 is 2.00 bits per heavy atom. The highest BCUT2D eigenvalue weighted by molar-refractivity contribution is 7.08. The monoisotopic (exact) mass is 354 g/mol. The topological polar surface area (TPSA) is 53.4 Å². The summed E-state index contributed by atoms with van der Waals surface area (Å²) >= 11 is 1.67. The lowest BCUT2D eigenvalue weighted by molar-refractivity contribution is -0.165. The van der Waals surface area contributed by atoms with E-state index in [1.165, 1.54) is 0 Å². The fourth-order valence-corrected chi connectivity index (χ4v) is 4.46. The van der Waals surface area contributed by atoms with Crippen molar-refractivity contribution in [2.24, 2.45) is 0 Å². The second-order valence-electron chi connectivity index (χ2n) is 6.59. The van der Waals surface area contributed by atoms with Crippen LogP contribution in [0.15, 0.2) is 39.8 Å². The number of hydrogen-bond donors (Lipinski definition) is 0. The molecule has 1 saturated heterocycles. The first kappa shape index (κ1) is 15.3. The summed E-state index contributed by atoms with van der Waals surface area (Å²) in [7, 11) is 0. The molecule has 2 aliphatic rings. The van der Waals surface area contributed by atoms with Gasteiger partial charge in [-0.25, -0.2) is 4.98 Å². The summed E-state index contributed by atoms with van der Waals surface area (Å²) in [6.45, 7) is 1.85. The summed E-state index contributed by atoms with van der Waals surface area (Å²) in [5.41, 5.74) is 3.06. The van der Waals surface area contributed by atoms with Crippen molar-refractivity contribution in [3.05, 3.63) is 51.2 Å². The summed E-state index contributed by atoms with van der Waals surface area (Å²) in [6.07, 6.45) is 2.13. The Kier molecular flexibility index (Phi) is 3.51. The number of ether oxygens (including phenoxy) is 2. The number of aromatic nitrogens is 2. The van der Waals surface area contributed by atoms with Crippen molar-refractivity contribution in [2.75, 3.05) is 13.2 Å². The van der Waals surface area contributed by atoms with Gasteiger partial charge in [0.25, 0.3) is 5.56 Å². The van der Waals surface area contributed by atoms with Gasteiger partial charge in [0.15, 0.2) is 5.79 Å². The zero-order valence-corrected chi connectivity index (χ0v) is 14.6. The van der Waals surface area contributed by atoms with Gasteiger partial charge in [0.1, 0.15) is 5.82 Å². The lowest BCUT2D eigenvalue weighted by Crippen LogP contribution is -2.31. The lowest BCUT2D eigenvalue weighted by atomic mass is 10.1. The smallest absolute Gasteiger partial charge is 0.261 e. The first-order valence-electron chi connectivity index (χ1n) is 8.58. The second kappa shape index (κ2) is 5.76. The van der Waals surface area contributed by atoms with Gasteiger partial charge in [-0.05, 0) is 40.1 Å². The van der Waals surface area contributed by atoms with Crippen LogP contribution in [0.3, 0.4) is 0 Å². The first-order chi connectivity index (χ1) is 12.2. The molecule has 5 rings (SSSR count). The number of hydrogen-bond acceptors (Lipinski definition) is 5. The van der Waals surface area contributed by atoms with E-state index in [1.54, 1.807) is 15.9 Å². The molecule has 0 radical (unpaired) electrons. The molecule has 0 atom stereocenters. The van der Waals surface area contributed by atoms with Gasteiger partial charge in [0.2, 0.25) is 0 Å². The van der Waals surface area contributed by atoms with Gasteiger partial charge in [0, 0.05) is 25.8 Å². The third kappa shape index (κ3) is 2.52. The zero-order valence-electron chi connectivity index (χ0n) is 13.7. The van der Waals surface area contributed by atoms with Crippen LogP contribution in [0.5, 0.6) is 0 Å². The summed E-state index contributed by atoms with van der Waals surface area (Å²) in [5.74, 6) is 0.296. The van der Waals surface area contributed by atoms with Crippen LogP contribution >= 0.6 is 11.3 Å². The van der Waals surface area contributed by atoms with Gasteiger partial charge in [-0.1, -0.05) is 6.07 Å². The molecule has 0 saturated carbocycles. The lowest BCUT2D eigenvalue weighted by Gasteiger charge is -2.24. The van der Waals surface area contributed by atoms with E-state index in [1.807, 2.05) is 18.2 Å². The Morgan fingerprint density at radius 3 is 2.80 bits per heavy atom. The number of thiophene rings is 1. The van der Waals surface area contributed by atoms with Crippen molar-refractivity contribution in [3.63, 3.8) is 0 Å². The van der Waals surface area contributed by atoms with Gasteiger partial charge in [-0.3, -0.25) is 9.36 Å². The average molecular weight is 354 g/mol. The molecule has 1 aromatic carbocycles. The molecule has 1 fully saturated rings. The van der Waals surface area contributed by atoms with Crippen molar-refractivity contribution in [3.8, 4) is 11.1 Å². The van der Waals surface area contributed by atoms with E-state index in [4.69, 9.17) is 14.5 Å². The molecule has 0 bridgehead atoms. The van der Waals surface area contributed by atoms with Gasteiger partial charge in [-0.2, -0.15) is 11.3 Å². The summed E-state index contributed by atoms with van der Waals surface area (Å²) in [5, 5.41) is 4.84. The van der Waals surface area contributed by atoms with E-state index in [0.717, 1.165) is 28.9 Å². The fraction of sp³-hybridized carbons (Fsp3) is 0.368. The minimum absolute atomic E-state index is 0.0342. The molecule has 2 aromatic heterocycles. The molecule has 0 aliphatic carbocycles. The molecular formula is C19H18N2O3S. The number of aryl methyl sites for hydroxylation is 1. The minimum atomic E-state index is -0.534. The van der Waals surface area contributed by atoms with E-state index in [-0.39, 0.29) is 5.56 Å². The van der Waals surface area contributed by atoms with Crippen molar-refractivity contribution < 1.29 is 9.47 Å². The Bertz CT molecular complexity index is 988. The van der Waals surface area contributed by atoms with E-state index >= 15 is 0 Å². The van der Waals surface area contributed by atoms with Gasteiger partial charge < -0.3 is 9.47 Å². The van der Waals surface area contributed by atoms with Gasteiger partial charge >= 0.3 is 0 Å². The van der Waals surface area contributed by atoms with Crippen LogP contribution in [0.1, 0.15) is 18.7 Å². The van der Waals surface area contributed by atoms with E-state index < -0.39 is 5.79 Å². The van der Waals surface area contributed by atoms with Crippen LogP contribution < -0.4 is 5.56 Å². The second-order valence-corrected chi connectivity index (χ2v) is 7.37. The van der Waals surface area contributed by atoms with Crippen molar-refractivity contribution in [1.82, 2.24) is 9.55 Å². The Balaban J connectivity index is 1.60. The van der Waals surface area contributed by atoms with Crippen LogP contribution in [0.4, 0.5) is 0 Å². The predicted molar refractivity (Wildman–Crippen MR) is 96.9 cm³/mol. The Morgan fingerprint density at radius 1 is 1.12 bits per heavy atom. The number of fused-ring (bicyclic) bond motifs is 2. The van der Waals surface area contributed by atoms with Crippen LogP contribution in [-0.2, 0) is 22.4 Å². The van der Waals surface area contributed by atoms with E-state index in [9.17, 15) is 4.79 Å². The highest BCUT2D eigenvalue weighted by Crippen LogP contribution is 2.32. The Hall–Kier alpha value is -2.02. The molecular weight excluding hydrogens is 336 g/mol. The standard InChI is InChI=1S/C19H18N2O3S/c22-18-15-2-1-13(14-4-10-25-12-14)11-16(15)20-17-3-5-19(6-7-21(17)18)23-8-9-24-19/h1-2,4,10-12H,3,5-9H2. The summed E-state index contributed by atoms with van der Waals surface area (Å²) in [4.78, 5) is 17.8. The summed E-state index contributed by atoms with van der Waals surface area (Å²) < 4.78 is 13.5. The van der Waals surface area contributed by atoms with E-state index in [0.29, 0.717) is 38.0 Å². The summed E-state index contributed by atoms with van der Waals surface area (Å²) in [6, 6.07) is 8.00. The largest absolute Gasteiger partial charge is 0.347 e. The zero-order chi connectivity index (χ0) is 16.9. The molecule has 3 aromatic rings. The van der Waals surface area contributed by atoms with Crippen molar-refractivity contribution in [2.45, 2.75) is 31.6 Å². The maximum atomic E-state index is 13.0. The molecule has 0 unspecified atom stereocenters. The molecule has 1 spiro atoms. The van der Waals surface area contributed by atoms with Crippen LogP contribution in [0.2, 0.25) is 0 Å². The average Bonchev–Trinajstić information content (AvgIpc) is 3.28. The molecule has 5 nitrogen and oxygen atoms in total. The van der Waals surface area contributed by atoms with Gasteiger partial charge in [0.05, 0.1) is 24.1 Å². The van der Waals surface area contributed by atoms with E-state index in [2.05, 4.69) is 16.8 Å². The minimum Gasteiger partial charge on any atom is -0.347 e. The molecule has 6 heteroatoms. The first-order valence-corrected chi connectivity index (χ1v) is 9.52. The SMILES string of the molecule is O=c1c2ccc(-c3ccsc3)cc2nc2n1CCC1(CC2)OCCO1. The highest BCUT2D eigenvalue weighted by atomic mass is 32.1. The highest BCUT2D eigenvalue weighted by Gasteiger charge is 2.38. The van der Waals surface area contributed by atoms with Crippen LogP contribution in [-0.4, -0.2) is 28.6 Å². The Labute approximate surface area is 148 Å². The quantitative estimate of drug-likeness (QED) is 0.673. The molecule has 25 heavy (non-hydrogen) atoms. The molecule has 128 valence electrons. The third-order valence-corrected chi connectivity index (χ3v) is 5.83. The number of rotatable bonds is 1. The maximum Gasteiger partial charge on any atom is 0.261 e. The normalized spacial score (nSPS) is 19.2. The predicted octanol–water partition coefficient (Wildman–Crippen LogP) is 3.20. The molecule has 4 heterocycles. The molecule has 0 N–H and O–H groups in total. The fourth-order valence-electron chi connectivity index (χ4n) is 3.79. The maximum absolute atomic E-state index is 13.0.